The van der Waals surface area contributed by atoms with Gasteiger partial charge in [0.2, 0.25) is 5.91 Å². The van der Waals surface area contributed by atoms with Gasteiger partial charge in [-0.15, -0.1) is 0 Å². The van der Waals surface area contributed by atoms with Gasteiger partial charge in [-0.3, -0.25) is 4.79 Å². The highest BCUT2D eigenvalue weighted by Gasteiger charge is 2.23. The molecule has 1 fully saturated rings. The first-order valence-corrected chi connectivity index (χ1v) is 4.59. The van der Waals surface area contributed by atoms with E-state index in [4.69, 9.17) is 0 Å². The lowest BCUT2D eigenvalue weighted by molar-refractivity contribution is -0.125. The zero-order valence-corrected chi connectivity index (χ0v) is 7.79. The van der Waals surface area contributed by atoms with E-state index in [2.05, 4.69) is 0 Å². The second-order valence-corrected chi connectivity index (χ2v) is 3.48. The van der Waals surface area contributed by atoms with Gasteiger partial charge in [-0.2, -0.15) is 0 Å². The van der Waals surface area contributed by atoms with Gasteiger partial charge in [-0.1, -0.05) is 24.3 Å². The van der Waals surface area contributed by atoms with E-state index < -0.39 is 0 Å². The van der Waals surface area contributed by atoms with Gasteiger partial charge >= 0.3 is 0 Å². The minimum absolute atomic E-state index is 0.259. The van der Waals surface area contributed by atoms with Crippen molar-refractivity contribution < 1.29 is 4.79 Å². The molecule has 0 spiro atoms. The number of carbonyl (C=O) groups is 1. The van der Waals surface area contributed by atoms with Crippen molar-refractivity contribution in [3.63, 3.8) is 0 Å². The number of amides is 1. The molecule has 13 heavy (non-hydrogen) atoms. The molecule has 0 saturated carbocycles. The molecule has 0 bridgehead atoms. The van der Waals surface area contributed by atoms with Crippen molar-refractivity contribution in [3.8, 4) is 0 Å². The molecule has 2 rings (SSSR count). The van der Waals surface area contributed by atoms with Gasteiger partial charge in [-0.05, 0) is 18.1 Å². The van der Waals surface area contributed by atoms with Gasteiger partial charge < -0.3 is 4.90 Å². The van der Waals surface area contributed by atoms with Crippen molar-refractivity contribution in [1.82, 2.24) is 4.90 Å². The summed E-state index contributed by atoms with van der Waals surface area (Å²) in [6, 6.07) is 8.06. The number of aryl methyl sites for hydroxylation is 1. The second kappa shape index (κ2) is 3.21. The zero-order chi connectivity index (χ0) is 9.26. The molecule has 0 aromatic heterocycles. The minimum Gasteiger partial charge on any atom is -0.339 e. The Balaban J connectivity index is 2.08. The summed E-state index contributed by atoms with van der Waals surface area (Å²) in [6.07, 6.45) is 0.562. The summed E-state index contributed by atoms with van der Waals surface area (Å²) in [6.45, 7) is 3.94. The summed E-state index contributed by atoms with van der Waals surface area (Å²) in [7, 11) is 0. The van der Waals surface area contributed by atoms with Gasteiger partial charge in [0.15, 0.2) is 0 Å². The minimum atomic E-state index is 0.259. The number of benzene rings is 1. The molecule has 0 aliphatic carbocycles. The Bertz CT molecular complexity index is 329. The number of nitrogens with zero attached hydrogens (tertiary/aromatic N) is 1. The first kappa shape index (κ1) is 8.30. The van der Waals surface area contributed by atoms with Crippen molar-refractivity contribution in [1.29, 1.82) is 0 Å². The molecular weight excluding hydrogens is 162 g/mol. The lowest BCUT2D eigenvalue weighted by Crippen LogP contribution is -2.13. The van der Waals surface area contributed by atoms with Crippen LogP contribution >= 0.6 is 0 Å². The predicted molar refractivity (Wildman–Crippen MR) is 51.5 cm³/mol. The maximum absolute atomic E-state index is 11.5. The zero-order valence-electron chi connectivity index (χ0n) is 7.79. The fourth-order valence-electron chi connectivity index (χ4n) is 1.38. The lowest BCUT2D eigenvalue weighted by Gasteiger charge is -2.04. The van der Waals surface area contributed by atoms with Crippen molar-refractivity contribution in [2.45, 2.75) is 13.3 Å². The molecule has 1 heterocycles. The molecule has 0 unspecified atom stereocenters. The molecule has 1 aromatic carbocycles. The van der Waals surface area contributed by atoms with E-state index in [-0.39, 0.29) is 5.91 Å². The summed E-state index contributed by atoms with van der Waals surface area (Å²) in [5.41, 5.74) is 2.36. The van der Waals surface area contributed by atoms with Crippen LogP contribution < -0.4 is 0 Å². The van der Waals surface area contributed by atoms with E-state index in [1.165, 1.54) is 5.56 Å². The van der Waals surface area contributed by atoms with Crippen LogP contribution in [0.1, 0.15) is 11.1 Å². The summed E-state index contributed by atoms with van der Waals surface area (Å²) in [4.78, 5) is 13.3. The first-order valence-electron chi connectivity index (χ1n) is 4.59. The topological polar surface area (TPSA) is 20.1 Å². The van der Waals surface area contributed by atoms with E-state index in [1.54, 1.807) is 0 Å². The normalized spacial score (nSPS) is 14.4. The predicted octanol–water partition coefficient (Wildman–Crippen LogP) is 1.38. The van der Waals surface area contributed by atoms with Crippen molar-refractivity contribution >= 4 is 5.91 Å². The van der Waals surface area contributed by atoms with Crippen LogP contribution in [0.5, 0.6) is 0 Å². The average Bonchev–Trinajstić information content (AvgIpc) is 2.91. The van der Waals surface area contributed by atoms with Crippen LogP contribution in [0.4, 0.5) is 0 Å². The van der Waals surface area contributed by atoms with Crippen LogP contribution in [0.2, 0.25) is 0 Å². The molecule has 2 heteroatoms. The Morgan fingerprint density at radius 1 is 1.38 bits per heavy atom. The summed E-state index contributed by atoms with van der Waals surface area (Å²) in [5, 5.41) is 0. The average molecular weight is 175 g/mol. The monoisotopic (exact) mass is 175 g/mol. The highest BCUT2D eigenvalue weighted by atomic mass is 16.2. The van der Waals surface area contributed by atoms with Crippen LogP contribution in [-0.2, 0) is 11.2 Å². The van der Waals surface area contributed by atoms with Crippen LogP contribution in [0.15, 0.2) is 24.3 Å². The lowest BCUT2D eigenvalue weighted by atomic mass is 10.1. The Labute approximate surface area is 78.2 Å². The number of rotatable bonds is 2. The molecule has 0 N–H and O–H groups in total. The van der Waals surface area contributed by atoms with Crippen molar-refractivity contribution in [3.05, 3.63) is 35.4 Å². The molecule has 1 aliphatic heterocycles. The molecule has 68 valence electrons. The van der Waals surface area contributed by atoms with Gasteiger partial charge in [0.25, 0.3) is 0 Å². The Kier molecular flexibility index (Phi) is 2.05. The van der Waals surface area contributed by atoms with Gasteiger partial charge in [0.1, 0.15) is 0 Å². The van der Waals surface area contributed by atoms with Crippen LogP contribution in [0.3, 0.4) is 0 Å². The standard InChI is InChI=1S/C11H13NO/c1-9-4-2-3-5-10(9)8-11(13)12-6-7-12/h2-5H,6-8H2,1H3. The smallest absolute Gasteiger partial charge is 0.227 e. The second-order valence-electron chi connectivity index (χ2n) is 3.48. The largest absolute Gasteiger partial charge is 0.339 e. The van der Waals surface area contributed by atoms with E-state index in [9.17, 15) is 4.79 Å². The molecular formula is C11H13NO. The van der Waals surface area contributed by atoms with Crippen LogP contribution in [0, 0.1) is 6.92 Å². The number of hydrogen-bond donors (Lipinski definition) is 0. The maximum atomic E-state index is 11.5. The van der Waals surface area contributed by atoms with Gasteiger partial charge in [0, 0.05) is 13.1 Å². The molecule has 0 atom stereocenters. The molecule has 1 aliphatic rings. The van der Waals surface area contributed by atoms with Crippen LogP contribution in [0.25, 0.3) is 0 Å². The summed E-state index contributed by atoms with van der Waals surface area (Å²) in [5.74, 6) is 0.259. The fraction of sp³-hybridized carbons (Fsp3) is 0.364. The van der Waals surface area contributed by atoms with E-state index in [1.807, 2.05) is 36.1 Å². The van der Waals surface area contributed by atoms with Gasteiger partial charge in [-0.25, -0.2) is 0 Å². The van der Waals surface area contributed by atoms with E-state index in [0.29, 0.717) is 6.42 Å². The van der Waals surface area contributed by atoms with E-state index >= 15 is 0 Å². The van der Waals surface area contributed by atoms with Crippen molar-refractivity contribution in [2.24, 2.45) is 0 Å². The maximum Gasteiger partial charge on any atom is 0.227 e. The van der Waals surface area contributed by atoms with Crippen LogP contribution in [-0.4, -0.2) is 23.9 Å². The number of hydrogen-bond acceptors (Lipinski definition) is 1. The fourth-order valence-corrected chi connectivity index (χ4v) is 1.38. The molecule has 1 aromatic rings. The molecule has 0 radical (unpaired) electrons. The quantitative estimate of drug-likeness (QED) is 0.622. The summed E-state index contributed by atoms with van der Waals surface area (Å²) < 4.78 is 0. The highest BCUT2D eigenvalue weighted by Crippen LogP contribution is 2.12. The number of carbonyl (C=O) groups excluding carboxylic acids is 1. The molecule has 1 amide bonds. The third-order valence-corrected chi connectivity index (χ3v) is 2.40. The highest BCUT2D eigenvalue weighted by molar-refractivity contribution is 5.80. The third kappa shape index (κ3) is 1.89. The Hall–Kier alpha value is -1.31. The third-order valence-electron chi connectivity index (χ3n) is 2.40. The van der Waals surface area contributed by atoms with Crippen molar-refractivity contribution in [2.75, 3.05) is 13.1 Å². The molecule has 2 nitrogen and oxygen atoms in total. The SMILES string of the molecule is Cc1ccccc1CC(=O)N1CC1. The molecule has 1 saturated heterocycles. The summed E-state index contributed by atoms with van der Waals surface area (Å²) >= 11 is 0. The van der Waals surface area contributed by atoms with E-state index in [0.717, 1.165) is 18.7 Å². The first-order chi connectivity index (χ1) is 6.27. The Morgan fingerprint density at radius 3 is 2.69 bits per heavy atom. The van der Waals surface area contributed by atoms with Gasteiger partial charge in [0.05, 0.1) is 6.42 Å². The Morgan fingerprint density at radius 2 is 2.08 bits per heavy atom.